The number of hydrogen-bond donors (Lipinski definition) is 2. The highest BCUT2D eigenvalue weighted by molar-refractivity contribution is 7.09. The summed E-state index contributed by atoms with van der Waals surface area (Å²) in [5, 5.41) is 16.1. The van der Waals surface area contributed by atoms with Crippen LogP contribution in [0.1, 0.15) is 24.0 Å². The molecule has 0 amide bonds. The summed E-state index contributed by atoms with van der Waals surface area (Å²) < 4.78 is 5.65. The molecule has 1 aromatic carbocycles. The smallest absolute Gasteiger partial charge is 0.140 e. The summed E-state index contributed by atoms with van der Waals surface area (Å²) in [5.41, 5.74) is 1.00. The molecule has 0 radical (unpaired) electrons. The van der Waals surface area contributed by atoms with E-state index < -0.39 is 0 Å². The van der Waals surface area contributed by atoms with Gasteiger partial charge in [-0.1, -0.05) is 11.6 Å². The van der Waals surface area contributed by atoms with Crippen LogP contribution in [-0.2, 0) is 13.2 Å². The molecule has 114 valence electrons. The minimum atomic E-state index is -0.267. The van der Waals surface area contributed by atoms with E-state index in [-0.39, 0.29) is 6.10 Å². The average Bonchev–Trinajstić information content (AvgIpc) is 2.91. The number of aliphatic hydroxyl groups is 1. The van der Waals surface area contributed by atoms with Crippen LogP contribution in [0.25, 0.3) is 0 Å². The Labute approximate surface area is 133 Å². The minimum absolute atomic E-state index is 0.267. The van der Waals surface area contributed by atoms with E-state index in [1.165, 1.54) is 0 Å². The van der Waals surface area contributed by atoms with E-state index in [9.17, 15) is 5.11 Å². The Bertz CT molecular complexity index is 543. The van der Waals surface area contributed by atoms with Gasteiger partial charge < -0.3 is 15.2 Å². The molecule has 0 saturated heterocycles. The quantitative estimate of drug-likeness (QED) is 0.731. The summed E-state index contributed by atoms with van der Waals surface area (Å²) >= 11 is 7.41. The van der Waals surface area contributed by atoms with Crippen molar-refractivity contribution < 1.29 is 9.84 Å². The molecule has 2 rings (SSSR count). The minimum Gasteiger partial charge on any atom is -0.486 e. The van der Waals surface area contributed by atoms with Crippen molar-refractivity contribution in [2.75, 3.05) is 6.54 Å². The topological polar surface area (TPSA) is 54.4 Å². The van der Waals surface area contributed by atoms with Gasteiger partial charge in [-0.25, -0.2) is 4.98 Å². The predicted molar refractivity (Wildman–Crippen MR) is 85.9 cm³/mol. The maximum Gasteiger partial charge on any atom is 0.140 e. The van der Waals surface area contributed by atoms with Gasteiger partial charge in [-0.2, -0.15) is 0 Å². The van der Waals surface area contributed by atoms with Gasteiger partial charge in [0.1, 0.15) is 17.4 Å². The molecule has 0 aliphatic carbocycles. The van der Waals surface area contributed by atoms with Crippen LogP contribution in [0.4, 0.5) is 0 Å². The number of nitrogens with one attached hydrogen (secondary N) is 1. The van der Waals surface area contributed by atoms with E-state index in [4.69, 9.17) is 16.3 Å². The van der Waals surface area contributed by atoms with Crippen LogP contribution in [0.5, 0.6) is 5.75 Å². The molecule has 1 atom stereocenters. The zero-order chi connectivity index (χ0) is 15.1. The van der Waals surface area contributed by atoms with Crippen LogP contribution in [0, 0.1) is 0 Å². The van der Waals surface area contributed by atoms with Crippen molar-refractivity contribution in [3.8, 4) is 5.75 Å². The maximum absolute atomic E-state index is 9.17. The zero-order valence-corrected chi connectivity index (χ0v) is 13.5. The molecule has 4 nitrogen and oxygen atoms in total. The van der Waals surface area contributed by atoms with Gasteiger partial charge in [0.05, 0.1) is 11.8 Å². The molecule has 2 N–H and O–H groups in total. The van der Waals surface area contributed by atoms with Crippen LogP contribution < -0.4 is 10.1 Å². The monoisotopic (exact) mass is 326 g/mol. The van der Waals surface area contributed by atoms with Crippen molar-refractivity contribution >= 4 is 22.9 Å². The SMILES string of the molecule is CC(O)CCNCc1csc(COc2ccc(Cl)cc2)n1. The second kappa shape index (κ2) is 8.34. The van der Waals surface area contributed by atoms with Gasteiger partial charge in [-0.3, -0.25) is 0 Å². The van der Waals surface area contributed by atoms with Gasteiger partial charge >= 0.3 is 0 Å². The Morgan fingerprint density at radius 2 is 2.14 bits per heavy atom. The van der Waals surface area contributed by atoms with Crippen LogP contribution in [0.3, 0.4) is 0 Å². The molecule has 6 heteroatoms. The van der Waals surface area contributed by atoms with E-state index in [0.717, 1.165) is 29.4 Å². The lowest BCUT2D eigenvalue weighted by Gasteiger charge is -2.05. The maximum atomic E-state index is 9.17. The third kappa shape index (κ3) is 6.01. The number of thiazole rings is 1. The number of nitrogens with zero attached hydrogens (tertiary/aromatic N) is 1. The summed E-state index contributed by atoms with van der Waals surface area (Å²) in [7, 11) is 0. The van der Waals surface area contributed by atoms with E-state index in [0.29, 0.717) is 18.2 Å². The largest absolute Gasteiger partial charge is 0.486 e. The molecule has 1 unspecified atom stereocenters. The molecular formula is C15H19ClN2O2S. The van der Waals surface area contributed by atoms with Crippen molar-refractivity contribution in [2.24, 2.45) is 0 Å². The van der Waals surface area contributed by atoms with Gasteiger partial charge in [0.2, 0.25) is 0 Å². The van der Waals surface area contributed by atoms with Gasteiger partial charge in [0.15, 0.2) is 0 Å². The van der Waals surface area contributed by atoms with E-state index in [1.807, 2.05) is 17.5 Å². The molecular weight excluding hydrogens is 308 g/mol. The molecule has 2 aromatic rings. The second-order valence-corrected chi connectivity index (χ2v) is 6.17. The molecule has 0 spiro atoms. The van der Waals surface area contributed by atoms with Gasteiger partial charge in [0.25, 0.3) is 0 Å². The Balaban J connectivity index is 1.73. The second-order valence-electron chi connectivity index (χ2n) is 4.79. The highest BCUT2D eigenvalue weighted by Gasteiger charge is 2.03. The lowest BCUT2D eigenvalue weighted by Crippen LogP contribution is -2.18. The molecule has 0 aliphatic rings. The fraction of sp³-hybridized carbons (Fsp3) is 0.400. The van der Waals surface area contributed by atoms with Crippen molar-refractivity contribution in [1.29, 1.82) is 0 Å². The third-order valence-corrected chi connectivity index (χ3v) is 3.94. The van der Waals surface area contributed by atoms with Gasteiger partial charge in [-0.05, 0) is 44.2 Å². The Hall–Kier alpha value is -1.14. The lowest BCUT2D eigenvalue weighted by molar-refractivity contribution is 0.183. The van der Waals surface area contributed by atoms with Crippen LogP contribution in [0.15, 0.2) is 29.6 Å². The van der Waals surface area contributed by atoms with E-state index in [1.54, 1.807) is 30.4 Å². The van der Waals surface area contributed by atoms with E-state index >= 15 is 0 Å². The van der Waals surface area contributed by atoms with Crippen LogP contribution in [-0.4, -0.2) is 22.7 Å². The summed E-state index contributed by atoms with van der Waals surface area (Å²) in [4.78, 5) is 4.50. The molecule has 0 fully saturated rings. The molecule has 1 heterocycles. The molecule has 0 saturated carbocycles. The first-order chi connectivity index (χ1) is 10.1. The first kappa shape index (κ1) is 16.2. The van der Waals surface area contributed by atoms with Crippen molar-refractivity contribution in [3.63, 3.8) is 0 Å². The number of ether oxygens (including phenoxy) is 1. The van der Waals surface area contributed by atoms with Crippen molar-refractivity contribution in [3.05, 3.63) is 45.4 Å². The third-order valence-electron chi connectivity index (χ3n) is 2.82. The van der Waals surface area contributed by atoms with Gasteiger partial charge in [-0.15, -0.1) is 11.3 Å². The summed E-state index contributed by atoms with van der Waals surface area (Å²) in [6.45, 7) is 3.74. The summed E-state index contributed by atoms with van der Waals surface area (Å²) in [6, 6.07) is 7.29. The lowest BCUT2D eigenvalue weighted by atomic mass is 10.3. The number of hydrogen-bond acceptors (Lipinski definition) is 5. The molecule has 21 heavy (non-hydrogen) atoms. The van der Waals surface area contributed by atoms with Crippen molar-refractivity contribution in [2.45, 2.75) is 32.6 Å². The van der Waals surface area contributed by atoms with Gasteiger partial charge in [0, 0.05) is 16.9 Å². The van der Waals surface area contributed by atoms with Crippen LogP contribution in [0.2, 0.25) is 5.02 Å². The van der Waals surface area contributed by atoms with Crippen molar-refractivity contribution in [1.82, 2.24) is 10.3 Å². The number of benzene rings is 1. The standard InChI is InChI=1S/C15H19ClN2O2S/c1-11(19)6-7-17-8-13-10-21-15(18-13)9-20-14-4-2-12(16)3-5-14/h2-5,10-11,17,19H,6-9H2,1H3. The normalized spacial score (nSPS) is 12.3. The first-order valence-corrected chi connectivity index (χ1v) is 8.09. The highest BCUT2D eigenvalue weighted by Crippen LogP contribution is 2.18. The number of halogens is 1. The first-order valence-electron chi connectivity index (χ1n) is 6.84. The Morgan fingerprint density at radius 3 is 2.86 bits per heavy atom. The Morgan fingerprint density at radius 1 is 1.38 bits per heavy atom. The number of aromatic nitrogens is 1. The number of aliphatic hydroxyl groups excluding tert-OH is 1. The average molecular weight is 327 g/mol. The Kier molecular flexibility index (Phi) is 6.45. The highest BCUT2D eigenvalue weighted by atomic mass is 35.5. The predicted octanol–water partition coefficient (Wildman–Crippen LogP) is 3.24. The molecule has 1 aromatic heterocycles. The molecule has 0 bridgehead atoms. The fourth-order valence-corrected chi connectivity index (χ4v) is 2.53. The summed E-state index contributed by atoms with van der Waals surface area (Å²) in [6.07, 6.45) is 0.479. The summed E-state index contributed by atoms with van der Waals surface area (Å²) in [5.74, 6) is 0.784. The fourth-order valence-electron chi connectivity index (χ4n) is 1.70. The number of rotatable bonds is 8. The zero-order valence-electron chi connectivity index (χ0n) is 11.9. The van der Waals surface area contributed by atoms with Crippen LogP contribution >= 0.6 is 22.9 Å². The van der Waals surface area contributed by atoms with E-state index in [2.05, 4.69) is 10.3 Å². The molecule has 0 aliphatic heterocycles.